The normalized spacial score (nSPS) is 25.6. The van der Waals surface area contributed by atoms with Gasteiger partial charge in [0, 0.05) is 48.3 Å². The fourth-order valence-electron chi connectivity index (χ4n) is 16.4. The van der Waals surface area contributed by atoms with E-state index >= 15 is 28.8 Å². The third kappa shape index (κ3) is 22.7. The second kappa shape index (κ2) is 43.3. The number of nitrogens with one attached hydrogen (secondary N) is 10. The first-order valence-electron chi connectivity index (χ1n) is 43.3. The van der Waals surface area contributed by atoms with E-state index < -0.39 is 242 Å². The first-order chi connectivity index (χ1) is 62.7. The third-order valence-electron chi connectivity index (χ3n) is 23.5. The predicted molar refractivity (Wildman–Crippen MR) is 471 cm³/mol. The zero-order chi connectivity index (χ0) is 93.9. The van der Waals surface area contributed by atoms with Gasteiger partial charge >= 0.3 is 0 Å². The highest BCUT2D eigenvalue weighted by atomic mass is 35.5. The molecule has 0 unspecified atom stereocenters. The lowest BCUT2D eigenvalue weighted by Crippen LogP contribution is -2.66. The Morgan fingerprint density at radius 2 is 1.12 bits per heavy atom. The van der Waals surface area contributed by atoms with Crippen molar-refractivity contribution in [1.29, 1.82) is 0 Å². The smallest absolute Gasteiger partial charge is 0.252 e. The number of phenolic OH excluding ortho intramolecular Hbond substituents is 4. The Balaban J connectivity index is 1.05. The van der Waals surface area contributed by atoms with E-state index in [1.54, 1.807) is 14.1 Å². The van der Waals surface area contributed by atoms with Crippen molar-refractivity contribution in [3.8, 4) is 80.1 Å². The number of aliphatic hydroxyl groups excluding tert-OH is 7. The standard InChI is InChI=1S/C91H110Cl2N12O26/c1-7-8-9-10-11-12-13-14-27-95-73-76(113)78(115)81(89(124)97-29-16-31-105(5)6)131-90(73)130-80-62-36-47-37-63(80)127-59-26-21-46(34-54(59)92)74(111)72-88(123)102-70(83(118)96-28-15-30-104(3)4)52-38-48(107)39-61(128-91-79(116)77(114)75(112)64(42-106)129-91)65(52)51-33-44(19-24-56(51)108)68(85(120)103-72)99-86(121)69(47)100-87(122)71-53-40-50(41-58(110)66(53)93)126-60-35-45(20-25-57(60)109)67(94-2)84(119)98-55(82(117)101-71)32-43-17-22-49(125-62)23-18-43/h17-26,33-41,55,64,67-79,81,90-91,94-95,106-116H,7-16,27-32,42H2,1-6H3,(H,96,118)(H,97,124)(H,98,119)(H,99,121)(H,100,122)(H,101,117)(H,102,123)(H,103,120)/t55-,64-,67+,68-,69-,70+,71+,72+,73+,74-,75-,76+,77+,78-,79+,81-,90+,91+/m1/s1. The number of benzene rings is 7. The van der Waals surface area contributed by atoms with Gasteiger partial charge in [-0.05, 0) is 180 Å². The Kier molecular flexibility index (Phi) is 32.1. The molecular weight excluding hydrogens is 1750 g/mol. The number of halogens is 2. The van der Waals surface area contributed by atoms with E-state index in [0.717, 1.165) is 99.5 Å². The van der Waals surface area contributed by atoms with Crippen LogP contribution < -0.4 is 76.9 Å². The molecule has 8 aliphatic heterocycles. The highest BCUT2D eigenvalue weighted by Gasteiger charge is 2.51. The van der Waals surface area contributed by atoms with Crippen LogP contribution in [-0.4, -0.2) is 261 Å². The fraction of sp³-hybridized carbons (Fsp3) is 0.451. The van der Waals surface area contributed by atoms with Gasteiger partial charge in [-0.15, -0.1) is 0 Å². The summed E-state index contributed by atoms with van der Waals surface area (Å²) in [5.41, 5.74) is -2.30. The van der Waals surface area contributed by atoms with Crippen LogP contribution in [0.5, 0.6) is 69.0 Å². The van der Waals surface area contributed by atoms with E-state index in [9.17, 15) is 65.8 Å². The van der Waals surface area contributed by atoms with Gasteiger partial charge in [-0.1, -0.05) is 105 Å². The molecule has 7 aromatic carbocycles. The van der Waals surface area contributed by atoms with Gasteiger partial charge in [0.15, 0.2) is 29.1 Å². The largest absolute Gasteiger partial charge is 0.508 e. The molecule has 704 valence electrons. The van der Waals surface area contributed by atoms with Gasteiger partial charge in [-0.2, -0.15) is 0 Å². The van der Waals surface area contributed by atoms with Crippen molar-refractivity contribution in [2.24, 2.45) is 0 Å². The number of aliphatic hydroxyl groups is 7. The third-order valence-corrected chi connectivity index (χ3v) is 24.2. The molecule has 40 heteroatoms. The highest BCUT2D eigenvalue weighted by Crippen LogP contribution is 2.51. The molecule has 8 aliphatic rings. The first-order valence-corrected chi connectivity index (χ1v) is 44.0. The SMILES string of the molecule is CCCCCCCCCCN[C@@H]1[C@@H](Oc2c3cc4cc2Oc2ccc(cc2Cl)[C@@H](O)[C@@H]2NC(=O)[C@H](NC(=O)[C@@H]4NC(=O)[C@H]4NC(=O)[C@@H](Cc5ccc(cc5)O3)NC(=O)[C@@H](NC)c3ccc(O)c(c3)Oc3cc(O)c(Cl)c4c3)c3ccc(O)c(c3)-c3c(O[C@H]4O[C@H](CO)[C@@H](O)[C@H](O)[C@@H]4O)cc(O)cc3[C@@H](C(=O)NCCCN(C)C)NC2=O)O[C@@H](C(=O)NCCCN(C)C)[C@H](O)[C@H]1O. The van der Waals surface area contributed by atoms with E-state index in [-0.39, 0.29) is 70.8 Å². The number of unbranched alkanes of at least 4 members (excludes halogenated alkanes) is 7. The maximum atomic E-state index is 17.0. The summed E-state index contributed by atoms with van der Waals surface area (Å²) in [7, 11) is 8.69. The van der Waals surface area contributed by atoms with Crippen molar-refractivity contribution in [3.05, 3.63) is 164 Å². The van der Waals surface area contributed by atoms with Gasteiger partial charge in [-0.25, -0.2) is 0 Å². The zero-order valence-electron chi connectivity index (χ0n) is 72.6. The van der Waals surface area contributed by atoms with Gasteiger partial charge in [0.25, 0.3) is 5.91 Å². The van der Waals surface area contributed by atoms with Crippen molar-refractivity contribution >= 4 is 70.5 Å². The molecule has 2 fully saturated rings. The number of likely N-dealkylation sites (N-methyl/N-ethyl adjacent to an activating group) is 1. The van der Waals surface area contributed by atoms with Crippen molar-refractivity contribution in [2.75, 3.05) is 74.6 Å². The van der Waals surface area contributed by atoms with Gasteiger partial charge in [-0.3, -0.25) is 38.4 Å². The molecule has 8 amide bonds. The molecule has 17 bridgehead atoms. The lowest BCUT2D eigenvalue weighted by molar-refractivity contribution is -0.277. The summed E-state index contributed by atoms with van der Waals surface area (Å²) in [5.74, 6) is -15.2. The minimum absolute atomic E-state index is 0.0525. The molecule has 7 aromatic rings. The van der Waals surface area contributed by atoms with E-state index in [0.29, 0.717) is 37.9 Å². The summed E-state index contributed by atoms with van der Waals surface area (Å²) in [6.45, 7) is 2.35. The van der Waals surface area contributed by atoms with Gasteiger partial charge in [0.2, 0.25) is 59.7 Å². The van der Waals surface area contributed by atoms with Gasteiger partial charge < -0.3 is 152 Å². The van der Waals surface area contributed by atoms with Gasteiger partial charge in [0.05, 0.1) is 22.7 Å². The molecule has 2 saturated heterocycles. The van der Waals surface area contributed by atoms with Crippen LogP contribution in [0.4, 0.5) is 0 Å². The summed E-state index contributed by atoms with van der Waals surface area (Å²) in [6, 6.07) is 7.43. The Morgan fingerprint density at radius 1 is 0.504 bits per heavy atom. The van der Waals surface area contributed by atoms with Crippen molar-refractivity contribution in [1.82, 2.24) is 63.0 Å². The molecule has 15 rings (SSSR count). The number of carbonyl (C=O) groups excluding carboxylic acids is 8. The number of ether oxygens (including phenoxy) is 7. The van der Waals surface area contributed by atoms with Gasteiger partial charge in [0.1, 0.15) is 125 Å². The van der Waals surface area contributed by atoms with Crippen LogP contribution in [0, 0.1) is 0 Å². The monoisotopic (exact) mass is 1860 g/mol. The summed E-state index contributed by atoms with van der Waals surface area (Å²) in [5, 5.41) is 156. The number of nitrogens with zero attached hydrogens (tertiary/aromatic N) is 2. The molecule has 0 spiro atoms. The molecule has 0 aliphatic carbocycles. The second-order valence-electron chi connectivity index (χ2n) is 33.6. The van der Waals surface area contributed by atoms with E-state index in [4.69, 9.17) is 56.4 Å². The molecule has 18 atom stereocenters. The van der Waals surface area contributed by atoms with E-state index in [1.807, 2.05) is 23.9 Å². The molecule has 0 aromatic heterocycles. The maximum absolute atomic E-state index is 17.0. The van der Waals surface area contributed by atoms with Crippen LogP contribution in [-0.2, 0) is 54.3 Å². The summed E-state index contributed by atoms with van der Waals surface area (Å²) in [4.78, 5) is 130. The van der Waals surface area contributed by atoms with Crippen LogP contribution >= 0.6 is 23.2 Å². The number of hydrogen-bond donors (Lipinski definition) is 21. The number of fused-ring (bicyclic) bond motifs is 14. The molecule has 21 N–H and O–H groups in total. The van der Waals surface area contributed by atoms with E-state index in [2.05, 4.69) is 60.1 Å². The minimum atomic E-state index is -2.38. The molecule has 38 nitrogen and oxygen atoms in total. The Labute approximate surface area is 763 Å². The molecular formula is C91H110Cl2N12O26. The van der Waals surface area contributed by atoms with E-state index in [1.165, 1.54) is 67.7 Å². The number of carbonyl (C=O) groups is 8. The van der Waals surface area contributed by atoms with Crippen molar-refractivity contribution < 1.29 is 128 Å². The molecule has 8 heterocycles. The number of phenols is 4. The number of hydrogen-bond acceptors (Lipinski definition) is 30. The number of rotatable bonds is 26. The van der Waals surface area contributed by atoms with Crippen molar-refractivity contribution in [3.63, 3.8) is 0 Å². The average Bonchev–Trinajstić information content (AvgIpc) is 0.765. The fourth-order valence-corrected chi connectivity index (χ4v) is 16.9. The van der Waals surface area contributed by atoms with Crippen LogP contribution in [0.15, 0.2) is 115 Å². The zero-order valence-corrected chi connectivity index (χ0v) is 74.1. The number of amides is 8. The molecule has 131 heavy (non-hydrogen) atoms. The Morgan fingerprint density at radius 3 is 1.80 bits per heavy atom. The predicted octanol–water partition coefficient (Wildman–Crippen LogP) is 3.99. The number of aromatic hydroxyl groups is 4. The first kappa shape index (κ1) is 97.1. The minimum Gasteiger partial charge on any atom is -0.508 e. The lowest BCUT2D eigenvalue weighted by Gasteiger charge is -2.42. The van der Waals surface area contributed by atoms with Crippen LogP contribution in [0.2, 0.25) is 10.0 Å². The lowest BCUT2D eigenvalue weighted by atomic mass is 9.89. The van der Waals surface area contributed by atoms with Crippen molar-refractivity contribution in [2.45, 2.75) is 187 Å². The summed E-state index contributed by atoms with van der Waals surface area (Å²) >= 11 is 14.5. The summed E-state index contributed by atoms with van der Waals surface area (Å²) in [6.07, 6.45) is -11.9. The maximum Gasteiger partial charge on any atom is 0.252 e. The Hall–Kier alpha value is -11.4. The topological polar surface area (TPSA) is 550 Å². The average molecular weight is 1860 g/mol. The Bertz CT molecular complexity index is 5330. The van der Waals surface area contributed by atoms with Crippen LogP contribution in [0.1, 0.15) is 146 Å². The highest BCUT2D eigenvalue weighted by molar-refractivity contribution is 6.33. The molecule has 0 saturated carbocycles. The quantitative estimate of drug-likeness (QED) is 0.0341. The molecule has 0 radical (unpaired) electrons. The second-order valence-corrected chi connectivity index (χ2v) is 34.4. The summed E-state index contributed by atoms with van der Waals surface area (Å²) < 4.78 is 45.8. The van der Waals surface area contributed by atoms with Crippen LogP contribution in [0.25, 0.3) is 11.1 Å². The van der Waals surface area contributed by atoms with Crippen LogP contribution in [0.3, 0.4) is 0 Å².